The summed E-state index contributed by atoms with van der Waals surface area (Å²) in [6.45, 7) is 2.26. The van der Waals surface area contributed by atoms with Crippen molar-refractivity contribution in [2.75, 3.05) is 6.54 Å². The molecule has 1 atom stereocenters. The number of hydrogen-bond acceptors (Lipinski definition) is 3. The topological polar surface area (TPSA) is 63.1 Å². The highest BCUT2D eigenvalue weighted by atomic mass is 16.2. The van der Waals surface area contributed by atoms with Gasteiger partial charge in [0.1, 0.15) is 5.82 Å². The van der Waals surface area contributed by atoms with Gasteiger partial charge in [0.05, 0.1) is 6.54 Å². The molecule has 1 saturated heterocycles. The molecule has 25 heavy (non-hydrogen) atoms. The second-order valence-electron chi connectivity index (χ2n) is 6.98. The van der Waals surface area contributed by atoms with Crippen LogP contribution in [0.4, 0.5) is 4.79 Å². The van der Waals surface area contributed by atoms with E-state index in [0.717, 1.165) is 56.8 Å². The fourth-order valence-corrected chi connectivity index (χ4v) is 3.96. The van der Waals surface area contributed by atoms with E-state index in [1.165, 1.54) is 12.0 Å². The van der Waals surface area contributed by atoms with Crippen molar-refractivity contribution in [1.82, 2.24) is 25.0 Å². The smallest absolute Gasteiger partial charge is 0.318 e. The van der Waals surface area contributed by atoms with Crippen molar-refractivity contribution < 1.29 is 4.79 Å². The van der Waals surface area contributed by atoms with Gasteiger partial charge in [-0.3, -0.25) is 0 Å². The molecule has 1 N–H and O–H groups in total. The number of hydrogen-bond donors (Lipinski definition) is 1. The van der Waals surface area contributed by atoms with Gasteiger partial charge in [0.15, 0.2) is 5.82 Å². The maximum atomic E-state index is 12.8. The summed E-state index contributed by atoms with van der Waals surface area (Å²) < 4.78 is 2.14. The Balaban J connectivity index is 1.38. The third-order valence-corrected chi connectivity index (χ3v) is 5.29. The maximum Gasteiger partial charge on any atom is 0.318 e. The summed E-state index contributed by atoms with van der Waals surface area (Å²) >= 11 is 0. The fourth-order valence-electron chi connectivity index (χ4n) is 3.96. The lowest BCUT2D eigenvalue weighted by atomic mass is 9.96. The lowest BCUT2D eigenvalue weighted by Gasteiger charge is -2.36. The maximum absolute atomic E-state index is 12.8. The van der Waals surface area contributed by atoms with Crippen molar-refractivity contribution in [2.24, 2.45) is 0 Å². The molecule has 0 saturated carbocycles. The number of piperidine rings is 1. The second kappa shape index (κ2) is 7.25. The summed E-state index contributed by atoms with van der Waals surface area (Å²) in [5.41, 5.74) is 1.29. The highest BCUT2D eigenvalue weighted by molar-refractivity contribution is 5.74. The molecule has 2 aliphatic heterocycles. The molecule has 1 aromatic heterocycles. The van der Waals surface area contributed by atoms with Crippen molar-refractivity contribution in [3.05, 3.63) is 47.5 Å². The number of rotatable bonds is 4. The largest absolute Gasteiger partial charge is 0.331 e. The Hall–Kier alpha value is -2.37. The fraction of sp³-hybridized carbons (Fsp3) is 0.526. The first-order valence-corrected chi connectivity index (χ1v) is 9.30. The van der Waals surface area contributed by atoms with Crippen LogP contribution in [0.3, 0.4) is 0 Å². The average Bonchev–Trinajstić information content (AvgIpc) is 3.25. The highest BCUT2D eigenvalue weighted by Crippen LogP contribution is 2.21. The van der Waals surface area contributed by atoms with Crippen LogP contribution in [0.2, 0.25) is 0 Å². The summed E-state index contributed by atoms with van der Waals surface area (Å²) in [6, 6.07) is 10.7. The Labute approximate surface area is 148 Å². The van der Waals surface area contributed by atoms with E-state index in [0.29, 0.717) is 6.54 Å². The van der Waals surface area contributed by atoms with Gasteiger partial charge in [-0.15, -0.1) is 10.2 Å². The summed E-state index contributed by atoms with van der Waals surface area (Å²) in [6.07, 6.45) is 6.39. The van der Waals surface area contributed by atoms with Crippen molar-refractivity contribution in [2.45, 2.75) is 57.7 Å². The normalized spacial score (nSPS) is 19.7. The van der Waals surface area contributed by atoms with Crippen LogP contribution in [-0.4, -0.2) is 38.3 Å². The number of carbonyl (C=O) groups excluding carboxylic acids is 1. The van der Waals surface area contributed by atoms with Gasteiger partial charge >= 0.3 is 6.03 Å². The van der Waals surface area contributed by atoms with Crippen LogP contribution >= 0.6 is 0 Å². The van der Waals surface area contributed by atoms with E-state index in [9.17, 15) is 4.79 Å². The van der Waals surface area contributed by atoms with E-state index in [1.54, 1.807) is 0 Å². The first-order valence-electron chi connectivity index (χ1n) is 9.30. The third kappa shape index (κ3) is 3.52. The van der Waals surface area contributed by atoms with Gasteiger partial charge in [-0.25, -0.2) is 4.79 Å². The molecule has 0 unspecified atom stereocenters. The molecule has 1 aromatic carbocycles. The molecule has 3 heterocycles. The van der Waals surface area contributed by atoms with Gasteiger partial charge in [0.25, 0.3) is 0 Å². The van der Waals surface area contributed by atoms with Crippen molar-refractivity contribution >= 4 is 6.03 Å². The van der Waals surface area contributed by atoms with Crippen molar-refractivity contribution in [3.63, 3.8) is 0 Å². The summed E-state index contributed by atoms with van der Waals surface area (Å²) in [5.74, 6) is 1.92. The number of urea groups is 1. The van der Waals surface area contributed by atoms with Crippen molar-refractivity contribution in [1.29, 1.82) is 0 Å². The first-order chi connectivity index (χ1) is 12.3. The monoisotopic (exact) mass is 339 g/mol. The zero-order chi connectivity index (χ0) is 17.1. The molecule has 2 aliphatic rings. The van der Waals surface area contributed by atoms with Crippen LogP contribution < -0.4 is 5.32 Å². The van der Waals surface area contributed by atoms with Crippen LogP contribution in [0, 0.1) is 0 Å². The Morgan fingerprint density at radius 3 is 2.88 bits per heavy atom. The predicted molar refractivity (Wildman–Crippen MR) is 95.1 cm³/mol. The number of fused-ring (bicyclic) bond motifs is 1. The average molecular weight is 339 g/mol. The number of benzene rings is 1. The summed E-state index contributed by atoms with van der Waals surface area (Å²) in [4.78, 5) is 14.8. The Morgan fingerprint density at radius 1 is 1.12 bits per heavy atom. The van der Waals surface area contributed by atoms with Gasteiger partial charge in [-0.1, -0.05) is 30.3 Å². The third-order valence-electron chi connectivity index (χ3n) is 5.29. The van der Waals surface area contributed by atoms with Gasteiger partial charge < -0.3 is 14.8 Å². The SMILES string of the molecule is O=C(NCc1nnc2n1CCC2)N1CCCC[C@@H]1Cc1ccccc1. The molecule has 6 heteroatoms. The zero-order valence-corrected chi connectivity index (χ0v) is 14.5. The zero-order valence-electron chi connectivity index (χ0n) is 14.5. The number of aryl methyl sites for hydroxylation is 1. The van der Waals surface area contributed by atoms with Gasteiger partial charge in [0, 0.05) is 25.6 Å². The minimum atomic E-state index is 0.0241. The number of amides is 2. The minimum absolute atomic E-state index is 0.0241. The standard InChI is InChI=1S/C19H25N5O/c25-19(20-14-18-22-21-17-10-6-12-24(17)18)23-11-5-4-9-16(23)13-15-7-2-1-3-8-15/h1-3,7-8,16H,4-6,9-14H2,(H,20,25)/t16-/m1/s1. The number of nitrogens with one attached hydrogen (secondary N) is 1. The number of likely N-dealkylation sites (tertiary alicyclic amines) is 1. The molecule has 1 fully saturated rings. The Bertz CT molecular complexity index is 727. The molecule has 0 bridgehead atoms. The van der Waals surface area contributed by atoms with E-state index >= 15 is 0 Å². The van der Waals surface area contributed by atoms with Gasteiger partial charge in [-0.2, -0.15) is 0 Å². The summed E-state index contributed by atoms with van der Waals surface area (Å²) in [7, 11) is 0. The minimum Gasteiger partial charge on any atom is -0.331 e. The Kier molecular flexibility index (Phi) is 4.68. The van der Waals surface area contributed by atoms with Crippen molar-refractivity contribution in [3.8, 4) is 0 Å². The highest BCUT2D eigenvalue weighted by Gasteiger charge is 2.27. The first kappa shape index (κ1) is 16.1. The molecule has 132 valence electrons. The lowest BCUT2D eigenvalue weighted by molar-refractivity contribution is 0.150. The quantitative estimate of drug-likeness (QED) is 0.931. The number of nitrogens with zero attached hydrogens (tertiary/aromatic N) is 4. The molecular formula is C19H25N5O. The molecule has 6 nitrogen and oxygen atoms in total. The molecule has 4 rings (SSSR count). The second-order valence-corrected chi connectivity index (χ2v) is 6.98. The van der Waals surface area contributed by atoms with Crippen LogP contribution in [0.1, 0.15) is 42.9 Å². The molecule has 0 spiro atoms. The van der Waals surface area contributed by atoms with Gasteiger partial charge in [-0.05, 0) is 37.7 Å². The molecule has 0 radical (unpaired) electrons. The number of carbonyl (C=O) groups is 1. The molecule has 2 amide bonds. The molecule has 2 aromatic rings. The molecular weight excluding hydrogens is 314 g/mol. The van der Waals surface area contributed by atoms with Gasteiger partial charge in [0.2, 0.25) is 0 Å². The molecule has 0 aliphatic carbocycles. The Morgan fingerprint density at radius 2 is 2.00 bits per heavy atom. The summed E-state index contributed by atoms with van der Waals surface area (Å²) in [5, 5.41) is 11.5. The predicted octanol–water partition coefficient (Wildman–Crippen LogP) is 2.53. The van der Waals surface area contributed by atoms with Crippen LogP contribution in [-0.2, 0) is 25.9 Å². The van der Waals surface area contributed by atoms with Crippen LogP contribution in [0.5, 0.6) is 0 Å². The van der Waals surface area contributed by atoms with E-state index < -0.39 is 0 Å². The van der Waals surface area contributed by atoms with E-state index in [1.807, 2.05) is 11.0 Å². The van der Waals surface area contributed by atoms with E-state index in [2.05, 4.69) is 44.3 Å². The number of aromatic nitrogens is 3. The lowest BCUT2D eigenvalue weighted by Crippen LogP contribution is -2.49. The van der Waals surface area contributed by atoms with Crippen LogP contribution in [0.25, 0.3) is 0 Å². The van der Waals surface area contributed by atoms with E-state index in [-0.39, 0.29) is 12.1 Å². The van der Waals surface area contributed by atoms with Crippen LogP contribution in [0.15, 0.2) is 30.3 Å². The van der Waals surface area contributed by atoms with E-state index in [4.69, 9.17) is 0 Å².